The molecule has 0 aliphatic heterocycles. The van der Waals surface area contributed by atoms with Crippen molar-refractivity contribution in [3.05, 3.63) is 58.9 Å². The highest BCUT2D eigenvalue weighted by Gasteiger charge is 2.08. The molecule has 0 bridgehead atoms. The van der Waals surface area contributed by atoms with Gasteiger partial charge in [-0.2, -0.15) is 0 Å². The molecular weight excluding hydrogens is 247 g/mol. The fraction of sp³-hybridized carbons (Fsp3) is 0.0714. The summed E-state index contributed by atoms with van der Waals surface area (Å²) in [5.41, 5.74) is 8.72. The molecule has 1 aromatic carbocycles. The number of thiophene rings is 1. The van der Waals surface area contributed by atoms with E-state index in [1.807, 2.05) is 17.5 Å². The summed E-state index contributed by atoms with van der Waals surface area (Å²) in [6.45, 7) is 0. The second kappa shape index (κ2) is 4.38. The summed E-state index contributed by atoms with van der Waals surface area (Å²) in [7, 11) is 0. The second-order valence-electron chi connectivity index (χ2n) is 4.13. The van der Waals surface area contributed by atoms with Crippen molar-refractivity contribution in [2.45, 2.75) is 6.42 Å². The van der Waals surface area contributed by atoms with Gasteiger partial charge in [0.1, 0.15) is 5.82 Å². The molecule has 0 radical (unpaired) electrons. The monoisotopic (exact) mass is 258 g/mol. The molecule has 0 aliphatic carbocycles. The van der Waals surface area contributed by atoms with Gasteiger partial charge in [-0.1, -0.05) is 6.07 Å². The molecule has 0 fully saturated rings. The third-order valence-electron chi connectivity index (χ3n) is 2.88. The number of nitrogens with zero attached hydrogens (tertiary/aromatic N) is 1. The minimum absolute atomic E-state index is 0.253. The molecule has 0 spiro atoms. The van der Waals surface area contributed by atoms with Gasteiger partial charge in [0.15, 0.2) is 0 Å². The maximum absolute atomic E-state index is 13.8. The third kappa shape index (κ3) is 1.95. The summed E-state index contributed by atoms with van der Waals surface area (Å²) < 4.78 is 14.9. The Hall–Kier alpha value is -1.94. The fourth-order valence-corrected chi connectivity index (χ4v) is 2.85. The highest BCUT2D eigenvalue weighted by Crippen LogP contribution is 2.25. The normalized spacial score (nSPS) is 10.9. The van der Waals surface area contributed by atoms with Crippen molar-refractivity contribution < 1.29 is 4.39 Å². The Morgan fingerprint density at radius 3 is 2.89 bits per heavy atom. The lowest BCUT2D eigenvalue weighted by atomic mass is 10.0. The minimum Gasteiger partial charge on any atom is -0.399 e. The van der Waals surface area contributed by atoms with E-state index in [9.17, 15) is 4.39 Å². The first-order valence-corrected chi connectivity index (χ1v) is 6.47. The van der Waals surface area contributed by atoms with Crippen LogP contribution < -0.4 is 5.73 Å². The molecule has 3 aromatic rings. The maximum Gasteiger partial charge on any atom is 0.128 e. The van der Waals surface area contributed by atoms with Gasteiger partial charge in [0.2, 0.25) is 0 Å². The first kappa shape index (κ1) is 11.2. The molecule has 18 heavy (non-hydrogen) atoms. The largest absolute Gasteiger partial charge is 0.399 e. The molecule has 0 aliphatic rings. The predicted octanol–water partition coefficient (Wildman–Crippen LogP) is 3.61. The Bertz CT molecular complexity index is 706. The van der Waals surface area contributed by atoms with Crippen molar-refractivity contribution in [3.8, 4) is 0 Å². The molecule has 0 atom stereocenters. The lowest BCUT2D eigenvalue weighted by Crippen LogP contribution is -1.95. The fourth-order valence-electron chi connectivity index (χ4n) is 1.98. The van der Waals surface area contributed by atoms with Crippen molar-refractivity contribution in [1.29, 1.82) is 0 Å². The van der Waals surface area contributed by atoms with Crippen molar-refractivity contribution in [1.82, 2.24) is 4.98 Å². The van der Waals surface area contributed by atoms with Gasteiger partial charge in [0.05, 0.1) is 10.2 Å². The Kier molecular flexibility index (Phi) is 2.72. The molecule has 0 saturated heterocycles. The van der Waals surface area contributed by atoms with Crippen LogP contribution in [-0.2, 0) is 6.42 Å². The Labute approximate surface area is 108 Å². The summed E-state index contributed by atoms with van der Waals surface area (Å²) in [6, 6.07) is 8.75. The highest BCUT2D eigenvalue weighted by molar-refractivity contribution is 7.17. The summed E-state index contributed by atoms with van der Waals surface area (Å²) in [6.07, 6.45) is 2.32. The van der Waals surface area contributed by atoms with Crippen LogP contribution in [0.25, 0.3) is 10.2 Å². The van der Waals surface area contributed by atoms with Crippen LogP contribution in [0.5, 0.6) is 0 Å². The van der Waals surface area contributed by atoms with Gasteiger partial charge in [-0.15, -0.1) is 11.3 Å². The molecule has 0 saturated carbocycles. The van der Waals surface area contributed by atoms with Crippen molar-refractivity contribution in [2.75, 3.05) is 5.73 Å². The molecule has 0 amide bonds. The van der Waals surface area contributed by atoms with E-state index in [0.717, 1.165) is 15.8 Å². The van der Waals surface area contributed by atoms with E-state index in [1.165, 1.54) is 6.07 Å². The van der Waals surface area contributed by atoms with Crippen LogP contribution in [0, 0.1) is 5.82 Å². The van der Waals surface area contributed by atoms with E-state index >= 15 is 0 Å². The van der Waals surface area contributed by atoms with Gasteiger partial charge in [-0.25, -0.2) is 4.39 Å². The van der Waals surface area contributed by atoms with Gasteiger partial charge in [-0.05, 0) is 40.8 Å². The van der Waals surface area contributed by atoms with Crippen LogP contribution in [0.3, 0.4) is 0 Å². The highest BCUT2D eigenvalue weighted by atomic mass is 32.1. The molecular formula is C14H11FN2S. The van der Waals surface area contributed by atoms with Crippen LogP contribution >= 0.6 is 11.3 Å². The molecule has 3 rings (SSSR count). The number of pyridine rings is 1. The Morgan fingerprint density at radius 1 is 1.17 bits per heavy atom. The first-order chi connectivity index (χ1) is 8.74. The number of fused-ring (bicyclic) bond motifs is 1. The van der Waals surface area contributed by atoms with Crippen molar-refractivity contribution in [2.24, 2.45) is 0 Å². The van der Waals surface area contributed by atoms with E-state index < -0.39 is 0 Å². The van der Waals surface area contributed by atoms with Gasteiger partial charge in [-0.3, -0.25) is 4.98 Å². The number of hydrogen-bond acceptors (Lipinski definition) is 3. The molecule has 2 N–H and O–H groups in total. The van der Waals surface area contributed by atoms with Gasteiger partial charge < -0.3 is 5.73 Å². The molecule has 4 heteroatoms. The van der Waals surface area contributed by atoms with Crippen LogP contribution in [0.4, 0.5) is 10.1 Å². The standard InChI is InChI=1S/C14H11FN2S/c15-12-8-11(16)2-1-9(12)7-10-3-5-17-13-4-6-18-14(10)13/h1-6,8H,7,16H2. The quantitative estimate of drug-likeness (QED) is 0.713. The zero-order valence-electron chi connectivity index (χ0n) is 9.56. The van der Waals surface area contributed by atoms with Crippen LogP contribution in [0.15, 0.2) is 41.9 Å². The molecule has 90 valence electrons. The van der Waals surface area contributed by atoms with E-state index in [-0.39, 0.29) is 5.82 Å². The average molecular weight is 258 g/mol. The van der Waals surface area contributed by atoms with Gasteiger partial charge in [0.25, 0.3) is 0 Å². The van der Waals surface area contributed by atoms with Crippen molar-refractivity contribution in [3.63, 3.8) is 0 Å². The molecule has 0 unspecified atom stereocenters. The lowest BCUT2D eigenvalue weighted by Gasteiger charge is -2.05. The molecule has 2 nitrogen and oxygen atoms in total. The van der Waals surface area contributed by atoms with Gasteiger partial charge in [0, 0.05) is 18.3 Å². The Balaban J connectivity index is 2.03. The van der Waals surface area contributed by atoms with E-state index in [4.69, 9.17) is 5.73 Å². The summed E-state index contributed by atoms with van der Waals surface area (Å²) >= 11 is 1.63. The zero-order chi connectivity index (χ0) is 12.5. The number of nitrogens with two attached hydrogens (primary N) is 1. The number of rotatable bonds is 2. The summed E-state index contributed by atoms with van der Waals surface area (Å²) in [4.78, 5) is 4.28. The SMILES string of the molecule is Nc1ccc(Cc2ccnc3ccsc23)c(F)c1. The van der Waals surface area contributed by atoms with Crippen LogP contribution in [0.2, 0.25) is 0 Å². The van der Waals surface area contributed by atoms with E-state index in [2.05, 4.69) is 4.98 Å². The summed E-state index contributed by atoms with van der Waals surface area (Å²) in [5.74, 6) is -0.253. The van der Waals surface area contributed by atoms with E-state index in [0.29, 0.717) is 17.7 Å². The maximum atomic E-state index is 13.8. The zero-order valence-corrected chi connectivity index (χ0v) is 10.4. The average Bonchev–Trinajstić information content (AvgIpc) is 2.82. The number of aromatic nitrogens is 1. The number of benzene rings is 1. The predicted molar refractivity (Wildman–Crippen MR) is 73.2 cm³/mol. The summed E-state index contributed by atoms with van der Waals surface area (Å²) in [5, 5.41) is 2.00. The van der Waals surface area contributed by atoms with Crippen LogP contribution in [-0.4, -0.2) is 4.98 Å². The Morgan fingerprint density at radius 2 is 2.06 bits per heavy atom. The van der Waals surface area contributed by atoms with E-state index in [1.54, 1.807) is 29.7 Å². The van der Waals surface area contributed by atoms with Crippen LogP contribution in [0.1, 0.15) is 11.1 Å². The number of halogens is 1. The van der Waals surface area contributed by atoms with Crippen molar-refractivity contribution >= 4 is 27.2 Å². The lowest BCUT2D eigenvalue weighted by molar-refractivity contribution is 0.615. The number of nitrogen functional groups attached to an aromatic ring is 1. The third-order valence-corrected chi connectivity index (χ3v) is 3.86. The van der Waals surface area contributed by atoms with Gasteiger partial charge >= 0.3 is 0 Å². The smallest absolute Gasteiger partial charge is 0.128 e. The second-order valence-corrected chi connectivity index (χ2v) is 5.05. The number of hydrogen-bond donors (Lipinski definition) is 1. The molecule has 2 aromatic heterocycles. The molecule has 2 heterocycles. The topological polar surface area (TPSA) is 38.9 Å². The first-order valence-electron chi connectivity index (χ1n) is 5.59. The number of anilines is 1. The minimum atomic E-state index is -0.253.